The van der Waals surface area contributed by atoms with Crippen molar-refractivity contribution in [2.24, 2.45) is 0 Å². The molecule has 0 radical (unpaired) electrons. The minimum atomic E-state index is -0.136. The maximum atomic E-state index is 9.80. The van der Waals surface area contributed by atoms with E-state index in [9.17, 15) is 30.6 Å². The predicted molar refractivity (Wildman–Crippen MR) is 138 cm³/mol. The summed E-state index contributed by atoms with van der Waals surface area (Å²) in [5.74, 6) is -0.792. The first kappa shape index (κ1) is 24.8. The zero-order valence-corrected chi connectivity index (χ0v) is 19.9. The third kappa shape index (κ3) is 6.42. The minimum absolute atomic E-state index is 0.128. The fourth-order valence-corrected chi connectivity index (χ4v) is 4.31. The number of aromatic hydroxyl groups is 6. The molecule has 0 aromatic heterocycles. The van der Waals surface area contributed by atoms with Crippen LogP contribution in [-0.4, -0.2) is 30.6 Å². The lowest BCUT2D eigenvalue weighted by Gasteiger charge is -2.12. The van der Waals surface area contributed by atoms with Gasteiger partial charge in [-0.15, -0.1) is 0 Å². The van der Waals surface area contributed by atoms with E-state index in [-0.39, 0.29) is 34.5 Å². The highest BCUT2D eigenvalue weighted by atomic mass is 16.3. The first-order chi connectivity index (χ1) is 17.3. The number of phenolic OH excluding ortho intramolecular Hbond substituents is 6. The van der Waals surface area contributed by atoms with Gasteiger partial charge in [0, 0.05) is 0 Å². The average Bonchev–Trinajstić information content (AvgIpc) is 2.86. The Morgan fingerprint density at radius 1 is 0.278 bits per heavy atom. The largest absolute Gasteiger partial charge is 0.504 e. The van der Waals surface area contributed by atoms with Crippen molar-refractivity contribution in [3.8, 4) is 34.5 Å². The van der Waals surface area contributed by atoms with Gasteiger partial charge in [0.25, 0.3) is 0 Å². The summed E-state index contributed by atoms with van der Waals surface area (Å²) in [6.45, 7) is 0. The van der Waals surface area contributed by atoms with Crippen LogP contribution in [0.3, 0.4) is 0 Å². The highest BCUT2D eigenvalue weighted by Gasteiger charge is 2.08. The smallest absolute Gasteiger partial charge is 0.157 e. The van der Waals surface area contributed by atoms with Crippen molar-refractivity contribution in [1.82, 2.24) is 0 Å². The Bertz CT molecular complexity index is 1180. The summed E-state index contributed by atoms with van der Waals surface area (Å²) in [7, 11) is 0. The van der Waals surface area contributed by atoms with Crippen molar-refractivity contribution < 1.29 is 30.6 Å². The molecule has 0 spiro atoms. The highest BCUT2D eigenvalue weighted by molar-refractivity contribution is 5.43. The van der Waals surface area contributed by atoms with E-state index >= 15 is 0 Å². The molecule has 4 aromatic carbocycles. The Hall–Kier alpha value is -4.32. The molecule has 186 valence electrons. The molecule has 4 rings (SSSR count). The number of hydrogen-bond donors (Lipinski definition) is 6. The third-order valence-corrected chi connectivity index (χ3v) is 6.34. The molecule has 36 heavy (non-hydrogen) atoms. The van der Waals surface area contributed by atoms with Gasteiger partial charge in [0.15, 0.2) is 34.5 Å². The Kier molecular flexibility index (Phi) is 7.54. The molecule has 6 nitrogen and oxygen atoms in total. The second kappa shape index (κ2) is 11.0. The zero-order valence-electron chi connectivity index (χ0n) is 19.9. The topological polar surface area (TPSA) is 121 Å². The quantitative estimate of drug-likeness (QED) is 0.179. The number of rotatable bonds is 9. The van der Waals surface area contributed by atoms with Crippen LogP contribution in [0.2, 0.25) is 0 Å². The van der Waals surface area contributed by atoms with E-state index in [2.05, 4.69) is 18.2 Å². The van der Waals surface area contributed by atoms with E-state index in [1.165, 1.54) is 18.2 Å². The summed E-state index contributed by atoms with van der Waals surface area (Å²) in [6.07, 6.45) is 4.37. The normalized spacial score (nSPS) is 11.0. The van der Waals surface area contributed by atoms with Crippen LogP contribution in [-0.2, 0) is 38.5 Å². The van der Waals surface area contributed by atoms with Crippen LogP contribution < -0.4 is 0 Å². The van der Waals surface area contributed by atoms with Gasteiger partial charge < -0.3 is 30.6 Å². The minimum Gasteiger partial charge on any atom is -0.504 e. The average molecular weight is 487 g/mol. The van der Waals surface area contributed by atoms with Gasteiger partial charge in [0.05, 0.1) is 0 Å². The summed E-state index contributed by atoms with van der Waals surface area (Å²) in [5.41, 5.74) is 6.23. The van der Waals surface area contributed by atoms with Crippen LogP contribution in [0.25, 0.3) is 0 Å². The van der Waals surface area contributed by atoms with Gasteiger partial charge in [0.2, 0.25) is 0 Å². The molecule has 0 heterocycles. The maximum absolute atomic E-state index is 9.80. The number of hydrogen-bond acceptors (Lipinski definition) is 6. The monoisotopic (exact) mass is 486 g/mol. The zero-order chi connectivity index (χ0) is 25.7. The van der Waals surface area contributed by atoms with Crippen LogP contribution in [0.4, 0.5) is 0 Å². The fraction of sp³-hybridized carbons (Fsp3) is 0.200. The van der Waals surface area contributed by atoms with Crippen molar-refractivity contribution >= 4 is 0 Å². The van der Waals surface area contributed by atoms with E-state index in [0.29, 0.717) is 19.3 Å². The van der Waals surface area contributed by atoms with Crippen LogP contribution in [0.1, 0.15) is 33.4 Å². The van der Waals surface area contributed by atoms with Gasteiger partial charge in [-0.3, -0.25) is 0 Å². The SMILES string of the molecule is Oc1ccc(CCc2cc(CCc3ccc(O)c(O)c3)cc(CCc3ccc(O)c(O)c3)c2)cc1O. The van der Waals surface area contributed by atoms with Gasteiger partial charge in [-0.2, -0.15) is 0 Å². The Labute approximate surface area is 210 Å². The molecule has 0 amide bonds. The van der Waals surface area contributed by atoms with Gasteiger partial charge in [-0.25, -0.2) is 0 Å². The lowest BCUT2D eigenvalue weighted by atomic mass is 9.94. The molecule has 0 unspecified atom stereocenters. The van der Waals surface area contributed by atoms with E-state index < -0.39 is 0 Å². The molecule has 0 saturated carbocycles. The third-order valence-electron chi connectivity index (χ3n) is 6.34. The molecule has 6 heteroatoms. The molecule has 4 aromatic rings. The second-order valence-electron chi connectivity index (χ2n) is 9.13. The lowest BCUT2D eigenvalue weighted by Crippen LogP contribution is -2.00. The second-order valence-corrected chi connectivity index (χ2v) is 9.13. The van der Waals surface area contributed by atoms with Crippen LogP contribution in [0, 0.1) is 0 Å². The Morgan fingerprint density at radius 3 is 0.778 bits per heavy atom. The number of phenols is 6. The fourth-order valence-electron chi connectivity index (χ4n) is 4.31. The van der Waals surface area contributed by atoms with E-state index in [4.69, 9.17) is 0 Å². The van der Waals surface area contributed by atoms with E-state index in [0.717, 1.165) is 52.6 Å². The van der Waals surface area contributed by atoms with E-state index in [1.807, 2.05) is 0 Å². The van der Waals surface area contributed by atoms with Gasteiger partial charge in [0.1, 0.15) is 0 Å². The maximum Gasteiger partial charge on any atom is 0.157 e. The standard InChI is InChI=1S/C30H30O6/c31-25-10-7-19(16-28(25)34)1-4-22-13-23(5-2-20-8-11-26(32)29(35)17-20)15-24(14-22)6-3-21-9-12-27(33)30(36)18-21/h7-18,31-36H,1-6H2. The first-order valence-corrected chi connectivity index (χ1v) is 11.9. The molecule has 6 N–H and O–H groups in total. The number of benzene rings is 4. The molecule has 0 aliphatic rings. The van der Waals surface area contributed by atoms with Gasteiger partial charge in [-0.05, 0) is 108 Å². The molecule has 0 atom stereocenters. The molecule has 0 saturated heterocycles. The predicted octanol–water partition coefficient (Wildman–Crippen LogP) is 5.28. The Morgan fingerprint density at radius 2 is 0.528 bits per heavy atom. The summed E-state index contributed by atoms with van der Waals surface area (Å²) in [5, 5.41) is 58.1. The van der Waals surface area contributed by atoms with Gasteiger partial charge in [-0.1, -0.05) is 36.4 Å². The summed E-state index contributed by atoms with van der Waals surface area (Å²) < 4.78 is 0. The lowest BCUT2D eigenvalue weighted by molar-refractivity contribution is 0.403. The van der Waals surface area contributed by atoms with Crippen LogP contribution in [0.5, 0.6) is 34.5 Å². The van der Waals surface area contributed by atoms with Crippen molar-refractivity contribution in [2.75, 3.05) is 0 Å². The van der Waals surface area contributed by atoms with Crippen molar-refractivity contribution in [3.05, 3.63) is 106 Å². The molecule has 0 aliphatic heterocycles. The van der Waals surface area contributed by atoms with Crippen molar-refractivity contribution in [1.29, 1.82) is 0 Å². The molecule has 0 aliphatic carbocycles. The molecular formula is C30H30O6. The van der Waals surface area contributed by atoms with Gasteiger partial charge >= 0.3 is 0 Å². The summed E-state index contributed by atoms with van der Waals surface area (Å²) in [6, 6.07) is 21.1. The van der Waals surface area contributed by atoms with Crippen molar-refractivity contribution in [3.63, 3.8) is 0 Å². The molecular weight excluding hydrogens is 456 g/mol. The number of aryl methyl sites for hydroxylation is 6. The Balaban J connectivity index is 1.52. The van der Waals surface area contributed by atoms with Crippen LogP contribution in [0.15, 0.2) is 72.8 Å². The first-order valence-electron chi connectivity index (χ1n) is 11.9. The molecule has 0 fully saturated rings. The van der Waals surface area contributed by atoms with Crippen LogP contribution >= 0.6 is 0 Å². The summed E-state index contributed by atoms with van der Waals surface area (Å²) >= 11 is 0. The summed E-state index contributed by atoms with van der Waals surface area (Å²) in [4.78, 5) is 0. The molecule has 0 bridgehead atoms. The van der Waals surface area contributed by atoms with E-state index in [1.54, 1.807) is 36.4 Å². The highest BCUT2D eigenvalue weighted by Crippen LogP contribution is 2.28. The van der Waals surface area contributed by atoms with Crippen molar-refractivity contribution in [2.45, 2.75) is 38.5 Å².